The summed E-state index contributed by atoms with van der Waals surface area (Å²) in [6.07, 6.45) is 5.51. The topological polar surface area (TPSA) is 49.0 Å². The highest BCUT2D eigenvalue weighted by Crippen LogP contribution is 2.18. The van der Waals surface area contributed by atoms with Crippen LogP contribution in [0.5, 0.6) is 0 Å². The van der Waals surface area contributed by atoms with Gasteiger partial charge in [0.25, 0.3) is 5.56 Å². The molecule has 4 nitrogen and oxygen atoms in total. The van der Waals surface area contributed by atoms with Crippen molar-refractivity contribution in [3.05, 3.63) is 57.5 Å². The molecule has 1 aromatic heterocycles. The maximum atomic E-state index is 11.9. The molecule has 0 aliphatic rings. The molecule has 0 amide bonds. The van der Waals surface area contributed by atoms with Crippen LogP contribution in [-0.2, 0) is 6.42 Å². The molecule has 0 bridgehead atoms. The SMILES string of the molecule is CCCCN(CCCC)c1ccc(Cc2cc(C)n[nH]c2=O)cc1. The van der Waals surface area contributed by atoms with Crippen molar-refractivity contribution in [2.45, 2.75) is 52.9 Å². The van der Waals surface area contributed by atoms with Gasteiger partial charge < -0.3 is 4.90 Å². The molecular formula is C20H29N3O. The van der Waals surface area contributed by atoms with Gasteiger partial charge in [-0.3, -0.25) is 4.79 Å². The minimum atomic E-state index is -0.0998. The number of aryl methyl sites for hydroxylation is 1. The molecule has 4 heteroatoms. The lowest BCUT2D eigenvalue weighted by Crippen LogP contribution is -2.25. The van der Waals surface area contributed by atoms with Crippen molar-refractivity contribution in [1.82, 2.24) is 10.2 Å². The highest BCUT2D eigenvalue weighted by molar-refractivity contribution is 5.48. The van der Waals surface area contributed by atoms with E-state index in [4.69, 9.17) is 0 Å². The van der Waals surface area contributed by atoms with E-state index < -0.39 is 0 Å². The molecule has 0 saturated heterocycles. The molecule has 2 aromatic rings. The van der Waals surface area contributed by atoms with Crippen molar-refractivity contribution in [2.75, 3.05) is 18.0 Å². The molecule has 0 saturated carbocycles. The highest BCUT2D eigenvalue weighted by atomic mass is 16.1. The first kappa shape index (κ1) is 18.2. The maximum absolute atomic E-state index is 11.9. The molecule has 24 heavy (non-hydrogen) atoms. The summed E-state index contributed by atoms with van der Waals surface area (Å²) >= 11 is 0. The Kier molecular flexibility index (Phi) is 7.04. The van der Waals surface area contributed by atoms with Crippen molar-refractivity contribution in [2.24, 2.45) is 0 Å². The lowest BCUT2D eigenvalue weighted by molar-refractivity contribution is 0.678. The quantitative estimate of drug-likeness (QED) is 0.755. The average Bonchev–Trinajstić information content (AvgIpc) is 2.59. The van der Waals surface area contributed by atoms with Gasteiger partial charge >= 0.3 is 0 Å². The first-order chi connectivity index (χ1) is 11.6. The zero-order valence-electron chi connectivity index (χ0n) is 15.1. The molecule has 0 unspecified atom stereocenters. The van der Waals surface area contributed by atoms with E-state index in [2.05, 4.69) is 53.2 Å². The smallest absolute Gasteiger partial charge is 0.267 e. The van der Waals surface area contributed by atoms with Gasteiger partial charge in [0.15, 0.2) is 0 Å². The van der Waals surface area contributed by atoms with Crippen molar-refractivity contribution in [1.29, 1.82) is 0 Å². The van der Waals surface area contributed by atoms with Gasteiger partial charge in [-0.05, 0) is 43.5 Å². The number of hydrogen-bond donors (Lipinski definition) is 1. The molecule has 0 spiro atoms. The Bertz CT molecular complexity index is 668. The number of nitrogens with one attached hydrogen (secondary N) is 1. The number of anilines is 1. The van der Waals surface area contributed by atoms with Crippen LogP contribution in [0.4, 0.5) is 5.69 Å². The second-order valence-corrected chi connectivity index (χ2v) is 6.40. The standard InChI is InChI=1S/C20H29N3O/c1-4-6-12-23(13-7-5-2)19-10-8-17(9-11-19)15-18-14-16(3)21-22-20(18)24/h8-11,14H,4-7,12-13,15H2,1-3H3,(H,22,24). The Morgan fingerprint density at radius 2 is 1.67 bits per heavy atom. The van der Waals surface area contributed by atoms with Crippen LogP contribution < -0.4 is 10.5 Å². The molecule has 2 rings (SSSR count). The zero-order chi connectivity index (χ0) is 17.4. The Morgan fingerprint density at radius 3 is 2.25 bits per heavy atom. The summed E-state index contributed by atoms with van der Waals surface area (Å²) in [6.45, 7) is 8.57. The van der Waals surface area contributed by atoms with Crippen LogP contribution in [-0.4, -0.2) is 23.3 Å². The van der Waals surface area contributed by atoms with E-state index in [0.29, 0.717) is 6.42 Å². The van der Waals surface area contributed by atoms with E-state index in [-0.39, 0.29) is 5.56 Å². The van der Waals surface area contributed by atoms with Gasteiger partial charge in [0.05, 0.1) is 5.69 Å². The van der Waals surface area contributed by atoms with Gasteiger partial charge in [-0.1, -0.05) is 38.8 Å². The summed E-state index contributed by atoms with van der Waals surface area (Å²) in [5.41, 5.74) is 3.94. The molecule has 0 fully saturated rings. The van der Waals surface area contributed by atoms with Gasteiger partial charge in [-0.2, -0.15) is 5.10 Å². The molecule has 1 N–H and O–H groups in total. The van der Waals surface area contributed by atoms with Crippen LogP contribution in [0.15, 0.2) is 35.1 Å². The third-order valence-electron chi connectivity index (χ3n) is 4.27. The monoisotopic (exact) mass is 327 g/mol. The van der Waals surface area contributed by atoms with Crippen LogP contribution in [0, 0.1) is 6.92 Å². The van der Waals surface area contributed by atoms with Crippen molar-refractivity contribution in [3.63, 3.8) is 0 Å². The van der Waals surface area contributed by atoms with E-state index in [1.54, 1.807) is 0 Å². The fourth-order valence-corrected chi connectivity index (χ4v) is 2.80. The normalized spacial score (nSPS) is 10.8. The van der Waals surface area contributed by atoms with E-state index in [9.17, 15) is 4.79 Å². The first-order valence-corrected chi connectivity index (χ1v) is 9.03. The van der Waals surface area contributed by atoms with Crippen LogP contribution >= 0.6 is 0 Å². The molecule has 1 heterocycles. The minimum absolute atomic E-state index is 0.0998. The average molecular weight is 327 g/mol. The Morgan fingerprint density at radius 1 is 1.04 bits per heavy atom. The summed E-state index contributed by atoms with van der Waals surface area (Å²) in [4.78, 5) is 14.3. The van der Waals surface area contributed by atoms with Gasteiger partial charge in [0, 0.05) is 30.8 Å². The Labute approximate surface area is 144 Å². The van der Waals surface area contributed by atoms with E-state index in [1.807, 2.05) is 13.0 Å². The van der Waals surface area contributed by atoms with Crippen molar-refractivity contribution >= 4 is 5.69 Å². The second kappa shape index (κ2) is 9.26. The summed E-state index contributed by atoms with van der Waals surface area (Å²) in [7, 11) is 0. The maximum Gasteiger partial charge on any atom is 0.267 e. The van der Waals surface area contributed by atoms with Gasteiger partial charge in [-0.15, -0.1) is 0 Å². The molecule has 0 aliphatic carbocycles. The fraction of sp³-hybridized carbons (Fsp3) is 0.500. The number of H-pyrrole nitrogens is 1. The number of aromatic amines is 1. The predicted octanol–water partition coefficient (Wildman–Crippen LogP) is 4.08. The number of benzene rings is 1. The third-order valence-corrected chi connectivity index (χ3v) is 4.27. The van der Waals surface area contributed by atoms with Gasteiger partial charge in [-0.25, -0.2) is 5.10 Å². The van der Waals surface area contributed by atoms with Crippen LogP contribution in [0.3, 0.4) is 0 Å². The Balaban J connectivity index is 2.10. The lowest BCUT2D eigenvalue weighted by atomic mass is 10.1. The second-order valence-electron chi connectivity index (χ2n) is 6.40. The molecular weight excluding hydrogens is 298 g/mol. The van der Waals surface area contributed by atoms with Crippen molar-refractivity contribution < 1.29 is 0 Å². The first-order valence-electron chi connectivity index (χ1n) is 9.03. The van der Waals surface area contributed by atoms with Crippen molar-refractivity contribution in [3.8, 4) is 0 Å². The highest BCUT2D eigenvalue weighted by Gasteiger charge is 2.07. The van der Waals surface area contributed by atoms with E-state index >= 15 is 0 Å². The predicted molar refractivity (Wildman–Crippen MR) is 101 cm³/mol. The molecule has 0 atom stereocenters. The lowest BCUT2D eigenvalue weighted by Gasteiger charge is -2.25. The zero-order valence-corrected chi connectivity index (χ0v) is 15.1. The number of unbranched alkanes of at least 4 members (excludes halogenated alkanes) is 2. The number of rotatable bonds is 9. The molecule has 1 aromatic carbocycles. The van der Waals surface area contributed by atoms with Crippen LogP contribution in [0.1, 0.15) is 56.4 Å². The minimum Gasteiger partial charge on any atom is -0.372 e. The number of nitrogens with zero attached hydrogens (tertiary/aromatic N) is 2. The van der Waals surface area contributed by atoms with E-state index in [0.717, 1.165) is 29.9 Å². The van der Waals surface area contributed by atoms with Crippen LogP contribution in [0.2, 0.25) is 0 Å². The summed E-state index contributed by atoms with van der Waals surface area (Å²) in [5.74, 6) is 0. The molecule has 0 radical (unpaired) electrons. The Hall–Kier alpha value is -2.10. The summed E-state index contributed by atoms with van der Waals surface area (Å²) in [6, 6.07) is 10.5. The fourth-order valence-electron chi connectivity index (χ4n) is 2.80. The number of hydrogen-bond acceptors (Lipinski definition) is 3. The van der Waals surface area contributed by atoms with Gasteiger partial charge in [0.1, 0.15) is 0 Å². The van der Waals surface area contributed by atoms with E-state index in [1.165, 1.54) is 31.4 Å². The largest absolute Gasteiger partial charge is 0.372 e. The number of aromatic nitrogens is 2. The summed E-state index contributed by atoms with van der Waals surface area (Å²) < 4.78 is 0. The molecule has 130 valence electrons. The van der Waals surface area contributed by atoms with Crippen LogP contribution in [0.25, 0.3) is 0 Å². The summed E-state index contributed by atoms with van der Waals surface area (Å²) in [5, 5.41) is 6.48. The van der Waals surface area contributed by atoms with Gasteiger partial charge in [0.2, 0.25) is 0 Å². The molecule has 0 aliphatic heterocycles. The third kappa shape index (κ3) is 5.22.